The number of carbonyl (C=O) groups is 2. The van der Waals surface area contributed by atoms with Crippen molar-refractivity contribution in [2.75, 3.05) is 17.2 Å². The summed E-state index contributed by atoms with van der Waals surface area (Å²) >= 11 is 6.28. The maximum atomic E-state index is 12.5. The van der Waals surface area contributed by atoms with Gasteiger partial charge in [0.1, 0.15) is 17.4 Å². The largest absolute Gasteiger partial charge is 0.482 e. The molecule has 3 rings (SSSR count). The summed E-state index contributed by atoms with van der Waals surface area (Å²) in [5.41, 5.74) is 3.77. The van der Waals surface area contributed by atoms with Crippen LogP contribution in [-0.4, -0.2) is 18.4 Å². The first-order chi connectivity index (χ1) is 15.9. The first-order valence-electron chi connectivity index (χ1n) is 10.1. The SMILES string of the molecule is Cc1ccc(NC(=O)COc2ccc(/C=C(\C#N)C(=O)Nc3ccccc3C)cc2Cl)cc1. The molecule has 0 radical (unpaired) electrons. The van der Waals surface area contributed by atoms with Gasteiger partial charge in [-0.15, -0.1) is 0 Å². The van der Waals surface area contributed by atoms with Crippen molar-refractivity contribution >= 4 is 40.9 Å². The van der Waals surface area contributed by atoms with Crippen molar-refractivity contribution in [3.63, 3.8) is 0 Å². The van der Waals surface area contributed by atoms with E-state index in [0.29, 0.717) is 22.7 Å². The maximum absolute atomic E-state index is 12.5. The first kappa shape index (κ1) is 23.6. The van der Waals surface area contributed by atoms with Crippen LogP contribution in [0.3, 0.4) is 0 Å². The summed E-state index contributed by atoms with van der Waals surface area (Å²) in [6.07, 6.45) is 1.44. The summed E-state index contributed by atoms with van der Waals surface area (Å²) in [4.78, 5) is 24.6. The zero-order valence-corrected chi connectivity index (χ0v) is 18.9. The van der Waals surface area contributed by atoms with Gasteiger partial charge in [-0.3, -0.25) is 9.59 Å². The second-order valence-electron chi connectivity index (χ2n) is 7.33. The highest BCUT2D eigenvalue weighted by Crippen LogP contribution is 2.27. The molecule has 0 aliphatic rings. The average Bonchev–Trinajstić information content (AvgIpc) is 2.80. The Labute approximate surface area is 197 Å². The zero-order valence-electron chi connectivity index (χ0n) is 18.2. The van der Waals surface area contributed by atoms with Crippen molar-refractivity contribution < 1.29 is 14.3 Å². The van der Waals surface area contributed by atoms with E-state index in [1.807, 2.05) is 56.3 Å². The normalized spacial score (nSPS) is 10.8. The Bertz CT molecular complexity index is 1240. The number of nitriles is 1. The number of halogens is 1. The Hall–Kier alpha value is -4.08. The van der Waals surface area contributed by atoms with Gasteiger partial charge in [-0.25, -0.2) is 0 Å². The summed E-state index contributed by atoms with van der Waals surface area (Å²) in [7, 11) is 0. The van der Waals surface area contributed by atoms with Crippen molar-refractivity contribution in [1.29, 1.82) is 5.26 Å². The number of aryl methyl sites for hydroxylation is 2. The highest BCUT2D eigenvalue weighted by Gasteiger charge is 2.12. The van der Waals surface area contributed by atoms with Crippen molar-refractivity contribution in [3.05, 3.63) is 94.0 Å². The minimum atomic E-state index is -0.518. The number of hydrogen-bond acceptors (Lipinski definition) is 4. The predicted octanol–water partition coefficient (Wildman–Crippen LogP) is 5.52. The maximum Gasteiger partial charge on any atom is 0.266 e. The number of carbonyl (C=O) groups excluding carboxylic acids is 2. The predicted molar refractivity (Wildman–Crippen MR) is 130 cm³/mol. The van der Waals surface area contributed by atoms with Gasteiger partial charge in [0.25, 0.3) is 11.8 Å². The fraction of sp³-hybridized carbons (Fsp3) is 0.115. The molecule has 0 aliphatic carbocycles. The van der Waals surface area contributed by atoms with E-state index in [0.717, 1.165) is 11.1 Å². The average molecular weight is 460 g/mol. The van der Waals surface area contributed by atoms with Gasteiger partial charge >= 0.3 is 0 Å². The number of anilines is 2. The molecule has 0 unspecified atom stereocenters. The lowest BCUT2D eigenvalue weighted by atomic mass is 10.1. The Morgan fingerprint density at radius 1 is 1.03 bits per heavy atom. The molecule has 2 N–H and O–H groups in total. The number of rotatable bonds is 7. The lowest BCUT2D eigenvalue weighted by Gasteiger charge is -2.10. The molecule has 0 bridgehead atoms. The Kier molecular flexibility index (Phi) is 7.85. The smallest absolute Gasteiger partial charge is 0.266 e. The molecule has 0 aliphatic heterocycles. The van der Waals surface area contributed by atoms with Crippen LogP contribution in [0.4, 0.5) is 11.4 Å². The van der Waals surface area contributed by atoms with E-state index in [2.05, 4.69) is 10.6 Å². The Morgan fingerprint density at radius 2 is 1.76 bits per heavy atom. The highest BCUT2D eigenvalue weighted by atomic mass is 35.5. The number of amides is 2. The molecule has 3 aromatic carbocycles. The molecular formula is C26H22ClN3O3. The molecule has 0 heterocycles. The molecule has 0 atom stereocenters. The fourth-order valence-electron chi connectivity index (χ4n) is 2.92. The first-order valence-corrected chi connectivity index (χ1v) is 10.5. The molecule has 166 valence electrons. The fourth-order valence-corrected chi connectivity index (χ4v) is 3.16. The monoisotopic (exact) mass is 459 g/mol. The van der Waals surface area contributed by atoms with Crippen molar-refractivity contribution in [2.24, 2.45) is 0 Å². The summed E-state index contributed by atoms with van der Waals surface area (Å²) in [6.45, 7) is 3.61. The topological polar surface area (TPSA) is 91.2 Å². The molecule has 7 heteroatoms. The summed E-state index contributed by atoms with van der Waals surface area (Å²) < 4.78 is 5.51. The van der Waals surface area contributed by atoms with Gasteiger partial charge in [0.15, 0.2) is 6.61 Å². The number of nitrogens with one attached hydrogen (secondary N) is 2. The van der Waals surface area contributed by atoms with Crippen LogP contribution in [0.1, 0.15) is 16.7 Å². The van der Waals surface area contributed by atoms with E-state index in [1.54, 1.807) is 30.3 Å². The third-order valence-corrected chi connectivity index (χ3v) is 5.01. The van der Waals surface area contributed by atoms with Crippen LogP contribution in [0, 0.1) is 25.2 Å². The Balaban J connectivity index is 1.63. The Morgan fingerprint density at radius 3 is 2.42 bits per heavy atom. The molecule has 0 spiro atoms. The van der Waals surface area contributed by atoms with Crippen molar-refractivity contribution in [1.82, 2.24) is 0 Å². The molecule has 0 fully saturated rings. The van der Waals surface area contributed by atoms with Crippen LogP contribution in [-0.2, 0) is 9.59 Å². The molecule has 33 heavy (non-hydrogen) atoms. The number of nitrogens with zero attached hydrogens (tertiary/aromatic N) is 1. The molecule has 2 amide bonds. The molecular weight excluding hydrogens is 438 g/mol. The standard InChI is InChI=1S/C26H22ClN3O3/c1-17-7-10-21(11-8-17)29-25(31)16-33-24-12-9-19(14-22(24)27)13-20(15-28)26(32)30-23-6-4-3-5-18(23)2/h3-14H,16H2,1-2H3,(H,29,31)(H,30,32)/b20-13+. The third-order valence-electron chi connectivity index (χ3n) is 4.72. The van der Waals surface area contributed by atoms with Gasteiger partial charge in [-0.05, 0) is 61.4 Å². The summed E-state index contributed by atoms with van der Waals surface area (Å²) in [5.74, 6) is -0.523. The number of ether oxygens (including phenoxy) is 1. The lowest BCUT2D eigenvalue weighted by Crippen LogP contribution is -2.20. The van der Waals surface area contributed by atoms with Crippen molar-refractivity contribution in [2.45, 2.75) is 13.8 Å². The van der Waals surface area contributed by atoms with Crippen LogP contribution in [0.25, 0.3) is 6.08 Å². The van der Waals surface area contributed by atoms with Gasteiger partial charge in [0.05, 0.1) is 5.02 Å². The van der Waals surface area contributed by atoms with E-state index in [-0.39, 0.29) is 23.1 Å². The third kappa shape index (κ3) is 6.70. The lowest BCUT2D eigenvalue weighted by molar-refractivity contribution is -0.118. The second-order valence-corrected chi connectivity index (χ2v) is 7.74. The van der Waals surface area contributed by atoms with Gasteiger partial charge in [0.2, 0.25) is 0 Å². The van der Waals surface area contributed by atoms with Gasteiger partial charge < -0.3 is 15.4 Å². The summed E-state index contributed by atoms with van der Waals surface area (Å²) in [5, 5.41) is 15.2. The van der Waals surface area contributed by atoms with Gasteiger partial charge in [-0.1, -0.05) is 53.6 Å². The number of hydrogen-bond donors (Lipinski definition) is 2. The van der Waals surface area contributed by atoms with Crippen LogP contribution < -0.4 is 15.4 Å². The van der Waals surface area contributed by atoms with E-state index >= 15 is 0 Å². The molecule has 0 saturated heterocycles. The van der Waals surface area contributed by atoms with Crippen LogP contribution in [0.5, 0.6) is 5.75 Å². The van der Waals surface area contributed by atoms with Crippen LogP contribution in [0.2, 0.25) is 5.02 Å². The van der Waals surface area contributed by atoms with Gasteiger partial charge in [-0.2, -0.15) is 5.26 Å². The van der Waals surface area contributed by atoms with E-state index in [9.17, 15) is 14.9 Å². The molecule has 3 aromatic rings. The number of para-hydroxylation sites is 1. The molecule has 0 aromatic heterocycles. The van der Waals surface area contributed by atoms with Gasteiger partial charge in [0, 0.05) is 11.4 Å². The quantitative estimate of drug-likeness (QED) is 0.359. The molecule has 0 saturated carbocycles. The second kappa shape index (κ2) is 11.0. The van der Waals surface area contributed by atoms with Crippen molar-refractivity contribution in [3.8, 4) is 11.8 Å². The highest BCUT2D eigenvalue weighted by molar-refractivity contribution is 6.32. The minimum absolute atomic E-state index is 0.0690. The van der Waals surface area contributed by atoms with Crippen LogP contribution >= 0.6 is 11.6 Å². The minimum Gasteiger partial charge on any atom is -0.482 e. The summed E-state index contributed by atoms with van der Waals surface area (Å²) in [6, 6.07) is 21.4. The van der Waals surface area contributed by atoms with E-state index in [4.69, 9.17) is 16.3 Å². The number of benzene rings is 3. The van der Waals surface area contributed by atoms with E-state index in [1.165, 1.54) is 6.08 Å². The van der Waals surface area contributed by atoms with E-state index < -0.39 is 5.91 Å². The van der Waals surface area contributed by atoms with Crippen LogP contribution in [0.15, 0.2) is 72.3 Å². The molecule has 6 nitrogen and oxygen atoms in total. The zero-order chi connectivity index (χ0) is 23.8.